The molecule has 2 aromatic rings. The molecule has 2 heterocycles. The number of aromatic nitrogens is 2. The molecule has 0 spiro atoms. The number of amides is 2. The van der Waals surface area contributed by atoms with Gasteiger partial charge in [0, 0.05) is 32.2 Å². The van der Waals surface area contributed by atoms with Crippen LogP contribution in [0.5, 0.6) is 0 Å². The van der Waals surface area contributed by atoms with Crippen molar-refractivity contribution in [3.8, 4) is 5.69 Å². The van der Waals surface area contributed by atoms with Crippen molar-refractivity contribution in [1.29, 1.82) is 0 Å². The Balaban J connectivity index is 1.66. The number of hydrogen-bond acceptors (Lipinski definition) is 5. The summed E-state index contributed by atoms with van der Waals surface area (Å²) in [6.45, 7) is 5.92. The van der Waals surface area contributed by atoms with E-state index in [4.69, 9.17) is 4.74 Å². The molecule has 1 saturated heterocycles. The average Bonchev–Trinajstić information content (AvgIpc) is 2.72. The quantitative estimate of drug-likeness (QED) is 0.802. The second-order valence-electron chi connectivity index (χ2n) is 7.05. The highest BCUT2D eigenvalue weighted by molar-refractivity contribution is 5.92. The summed E-state index contributed by atoms with van der Waals surface area (Å²) in [7, 11) is 0. The van der Waals surface area contributed by atoms with Gasteiger partial charge in [-0.25, -0.2) is 4.79 Å². The van der Waals surface area contributed by atoms with Crippen molar-refractivity contribution in [2.24, 2.45) is 5.92 Å². The Morgan fingerprint density at radius 1 is 1.00 bits per heavy atom. The van der Waals surface area contributed by atoms with Gasteiger partial charge in [-0.15, -0.1) is 0 Å². The normalized spacial score (nSPS) is 14.2. The van der Waals surface area contributed by atoms with Gasteiger partial charge in [0.25, 0.3) is 11.5 Å². The van der Waals surface area contributed by atoms with Crippen LogP contribution in [0.15, 0.2) is 47.3 Å². The van der Waals surface area contributed by atoms with Crippen LogP contribution in [-0.2, 0) is 4.74 Å². The maximum atomic E-state index is 12.8. The van der Waals surface area contributed by atoms with Gasteiger partial charge in [0.1, 0.15) is 5.69 Å². The molecule has 2 amide bonds. The van der Waals surface area contributed by atoms with Crippen molar-refractivity contribution in [1.82, 2.24) is 19.6 Å². The average molecular weight is 384 g/mol. The number of ether oxygens (including phenoxy) is 1. The number of carbonyl (C=O) groups excluding carboxylic acids is 2. The third-order valence-corrected chi connectivity index (χ3v) is 4.39. The van der Waals surface area contributed by atoms with Crippen molar-refractivity contribution < 1.29 is 14.3 Å². The molecule has 1 fully saturated rings. The molecule has 0 saturated carbocycles. The first-order chi connectivity index (χ1) is 13.5. The van der Waals surface area contributed by atoms with Gasteiger partial charge in [0.15, 0.2) is 0 Å². The topological polar surface area (TPSA) is 84.7 Å². The van der Waals surface area contributed by atoms with Crippen molar-refractivity contribution in [3.05, 3.63) is 58.5 Å². The third kappa shape index (κ3) is 4.57. The molecule has 8 nitrogen and oxygen atoms in total. The molecular formula is C20H24N4O4. The summed E-state index contributed by atoms with van der Waals surface area (Å²) < 4.78 is 6.45. The van der Waals surface area contributed by atoms with Crippen LogP contribution in [0, 0.1) is 5.92 Å². The van der Waals surface area contributed by atoms with E-state index in [0.717, 1.165) is 0 Å². The highest BCUT2D eigenvalue weighted by Crippen LogP contribution is 2.09. The first-order valence-electron chi connectivity index (χ1n) is 9.32. The number of benzene rings is 1. The number of para-hydroxylation sites is 1. The Morgan fingerprint density at radius 3 is 2.29 bits per heavy atom. The van der Waals surface area contributed by atoms with Gasteiger partial charge >= 0.3 is 6.09 Å². The SMILES string of the molecule is CC(C)COC(=O)N1CCN(C(=O)c2ccc(=O)n(-c3ccccc3)n2)CC1. The van der Waals surface area contributed by atoms with Gasteiger partial charge < -0.3 is 14.5 Å². The summed E-state index contributed by atoms with van der Waals surface area (Å²) in [5, 5.41) is 4.23. The third-order valence-electron chi connectivity index (χ3n) is 4.39. The van der Waals surface area contributed by atoms with E-state index in [-0.39, 0.29) is 29.2 Å². The molecule has 3 rings (SSSR count). The fraction of sp³-hybridized carbons (Fsp3) is 0.400. The second kappa shape index (κ2) is 8.69. The monoisotopic (exact) mass is 384 g/mol. The molecule has 148 valence electrons. The van der Waals surface area contributed by atoms with Crippen LogP contribution < -0.4 is 5.56 Å². The van der Waals surface area contributed by atoms with Gasteiger partial charge in [0.05, 0.1) is 12.3 Å². The zero-order valence-electron chi connectivity index (χ0n) is 16.1. The zero-order chi connectivity index (χ0) is 20.1. The number of nitrogens with zero attached hydrogens (tertiary/aromatic N) is 4. The summed E-state index contributed by atoms with van der Waals surface area (Å²) >= 11 is 0. The van der Waals surface area contributed by atoms with E-state index in [0.29, 0.717) is 38.5 Å². The Kier molecular flexibility index (Phi) is 6.08. The van der Waals surface area contributed by atoms with Crippen LogP contribution >= 0.6 is 0 Å². The molecule has 28 heavy (non-hydrogen) atoms. The van der Waals surface area contributed by atoms with E-state index in [1.165, 1.54) is 16.8 Å². The molecule has 1 aromatic carbocycles. The Labute approximate surface area is 163 Å². The highest BCUT2D eigenvalue weighted by Gasteiger charge is 2.26. The number of piperazine rings is 1. The van der Waals surface area contributed by atoms with Gasteiger partial charge in [0.2, 0.25) is 0 Å². The van der Waals surface area contributed by atoms with Gasteiger partial charge in [-0.3, -0.25) is 9.59 Å². The molecular weight excluding hydrogens is 360 g/mol. The summed E-state index contributed by atoms with van der Waals surface area (Å²) in [4.78, 5) is 40.2. The van der Waals surface area contributed by atoms with E-state index in [1.54, 1.807) is 34.1 Å². The lowest BCUT2D eigenvalue weighted by atomic mass is 10.2. The fourth-order valence-electron chi connectivity index (χ4n) is 2.86. The molecule has 1 aliphatic rings. The molecule has 0 aliphatic carbocycles. The standard InChI is InChI=1S/C20H24N4O4/c1-15(2)14-28-20(27)23-12-10-22(11-13-23)19(26)17-8-9-18(25)24(21-17)16-6-4-3-5-7-16/h3-9,15H,10-14H2,1-2H3. The van der Waals surface area contributed by atoms with Gasteiger partial charge in [-0.05, 0) is 24.1 Å². The number of hydrogen-bond donors (Lipinski definition) is 0. The minimum Gasteiger partial charge on any atom is -0.449 e. The lowest BCUT2D eigenvalue weighted by molar-refractivity contribution is 0.0530. The molecule has 1 aromatic heterocycles. The predicted octanol–water partition coefficient (Wildman–Crippen LogP) is 1.78. The smallest absolute Gasteiger partial charge is 0.409 e. The molecule has 0 atom stereocenters. The Bertz CT molecular complexity index is 887. The molecule has 0 N–H and O–H groups in total. The summed E-state index contributed by atoms with van der Waals surface area (Å²) in [6.07, 6.45) is -0.350. The van der Waals surface area contributed by atoms with Crippen LogP contribution in [0.4, 0.5) is 4.79 Å². The molecule has 0 radical (unpaired) electrons. The van der Waals surface area contributed by atoms with Gasteiger partial charge in [-0.2, -0.15) is 9.78 Å². The summed E-state index contributed by atoms with van der Waals surface area (Å²) in [6, 6.07) is 11.7. The lowest BCUT2D eigenvalue weighted by Crippen LogP contribution is -2.51. The first kappa shape index (κ1) is 19.6. The van der Waals surface area contributed by atoms with Crippen molar-refractivity contribution in [2.75, 3.05) is 32.8 Å². The van der Waals surface area contributed by atoms with Crippen molar-refractivity contribution >= 4 is 12.0 Å². The van der Waals surface area contributed by atoms with Crippen molar-refractivity contribution in [2.45, 2.75) is 13.8 Å². The van der Waals surface area contributed by atoms with E-state index >= 15 is 0 Å². The van der Waals surface area contributed by atoms with E-state index < -0.39 is 0 Å². The van der Waals surface area contributed by atoms with E-state index in [2.05, 4.69) is 5.10 Å². The maximum Gasteiger partial charge on any atom is 0.409 e. The number of rotatable bonds is 4. The zero-order valence-corrected chi connectivity index (χ0v) is 16.1. The van der Waals surface area contributed by atoms with Crippen LogP contribution in [0.2, 0.25) is 0 Å². The van der Waals surface area contributed by atoms with E-state index in [1.807, 2.05) is 19.9 Å². The highest BCUT2D eigenvalue weighted by atomic mass is 16.6. The second-order valence-corrected chi connectivity index (χ2v) is 7.05. The Morgan fingerprint density at radius 2 is 1.64 bits per heavy atom. The lowest BCUT2D eigenvalue weighted by Gasteiger charge is -2.34. The molecule has 8 heteroatoms. The fourth-order valence-corrected chi connectivity index (χ4v) is 2.86. The predicted molar refractivity (Wildman–Crippen MR) is 103 cm³/mol. The summed E-state index contributed by atoms with van der Waals surface area (Å²) in [5.74, 6) is 0.0121. The molecule has 0 unspecified atom stereocenters. The van der Waals surface area contributed by atoms with Crippen LogP contribution in [0.25, 0.3) is 5.69 Å². The maximum absolute atomic E-state index is 12.8. The minimum absolute atomic E-state index is 0.194. The van der Waals surface area contributed by atoms with Crippen LogP contribution in [0.3, 0.4) is 0 Å². The Hall–Kier alpha value is -3.16. The number of carbonyl (C=O) groups is 2. The van der Waals surface area contributed by atoms with Gasteiger partial charge in [-0.1, -0.05) is 32.0 Å². The molecule has 1 aliphatic heterocycles. The largest absolute Gasteiger partial charge is 0.449 e. The molecule has 0 bridgehead atoms. The first-order valence-corrected chi connectivity index (χ1v) is 9.32. The van der Waals surface area contributed by atoms with Crippen LogP contribution in [0.1, 0.15) is 24.3 Å². The van der Waals surface area contributed by atoms with E-state index in [9.17, 15) is 14.4 Å². The minimum atomic E-state index is -0.350. The van der Waals surface area contributed by atoms with Crippen molar-refractivity contribution in [3.63, 3.8) is 0 Å². The van der Waals surface area contributed by atoms with Crippen LogP contribution in [-0.4, -0.2) is 64.4 Å². The summed E-state index contributed by atoms with van der Waals surface area (Å²) in [5.41, 5.74) is 0.486.